The zero-order valence-corrected chi connectivity index (χ0v) is 22.3. The predicted octanol–water partition coefficient (Wildman–Crippen LogP) is 8.34. The van der Waals surface area contributed by atoms with Gasteiger partial charge in [-0.3, -0.25) is 4.90 Å². The highest BCUT2D eigenvalue weighted by atomic mass is 15.2. The highest BCUT2D eigenvalue weighted by Gasteiger charge is 2.24. The second kappa shape index (κ2) is 14.8. The Morgan fingerprint density at radius 1 is 1.00 bits per heavy atom. The Morgan fingerprint density at radius 3 is 1.91 bits per heavy atom. The lowest BCUT2D eigenvalue weighted by atomic mass is 9.99. The van der Waals surface area contributed by atoms with E-state index in [0.29, 0.717) is 17.8 Å². The van der Waals surface area contributed by atoms with Crippen LogP contribution in [0, 0.1) is 6.92 Å². The van der Waals surface area contributed by atoms with E-state index in [1.807, 2.05) is 0 Å². The van der Waals surface area contributed by atoms with E-state index in [4.69, 9.17) is 5.73 Å². The summed E-state index contributed by atoms with van der Waals surface area (Å²) in [6, 6.07) is 18.9. The minimum atomic E-state index is 0.440. The summed E-state index contributed by atoms with van der Waals surface area (Å²) in [6.07, 6.45) is 6.32. The van der Waals surface area contributed by atoms with E-state index in [2.05, 4.69) is 108 Å². The predicted molar refractivity (Wildman–Crippen MR) is 148 cm³/mol. The number of nitrogens with two attached hydrogens (primary N) is 1. The first kappa shape index (κ1) is 28.7. The normalized spacial score (nSPS) is 14.3. The summed E-state index contributed by atoms with van der Waals surface area (Å²) in [5.74, 6) is 0.848. The van der Waals surface area contributed by atoms with Gasteiger partial charge in [0.2, 0.25) is 0 Å². The molecule has 0 spiro atoms. The number of nitrogens with zero attached hydrogens (tertiary/aromatic N) is 1. The molecule has 0 amide bonds. The minimum absolute atomic E-state index is 0.440. The van der Waals surface area contributed by atoms with Crippen molar-refractivity contribution in [1.29, 1.82) is 0 Å². The molecule has 3 rings (SSSR count). The van der Waals surface area contributed by atoms with Crippen LogP contribution in [-0.4, -0.2) is 18.0 Å². The highest BCUT2D eigenvalue weighted by molar-refractivity contribution is 5.29. The topological polar surface area (TPSA) is 29.3 Å². The van der Waals surface area contributed by atoms with Crippen molar-refractivity contribution in [3.8, 4) is 0 Å². The lowest BCUT2D eigenvalue weighted by Crippen LogP contribution is -2.34. The standard InChI is InChI=1S/C18H27N.C10H14.C3H7N/c1-6-18(13(2)3)19(5)14(4)15-7-9-16(10-8-15)17-11-12-17;1-3-4-10-7-5-9(2)6-8-10;1-3(2)4/h7-10,14,17-18H,2,6,11-12H2,1,3-5H3;5-8H,3-4H2,1-2H3;1,4H2,2H3. The van der Waals surface area contributed by atoms with Crippen molar-refractivity contribution in [1.82, 2.24) is 4.90 Å². The molecule has 2 nitrogen and oxygen atoms in total. The lowest BCUT2D eigenvalue weighted by molar-refractivity contribution is 0.204. The molecular weight excluding hydrogens is 400 g/mol. The summed E-state index contributed by atoms with van der Waals surface area (Å²) in [5, 5.41) is 0. The van der Waals surface area contributed by atoms with Crippen LogP contribution >= 0.6 is 0 Å². The molecular formula is C31H48N2. The van der Waals surface area contributed by atoms with Crippen LogP contribution in [0.5, 0.6) is 0 Å². The van der Waals surface area contributed by atoms with Crippen LogP contribution in [0.2, 0.25) is 0 Å². The van der Waals surface area contributed by atoms with Gasteiger partial charge in [0.15, 0.2) is 0 Å². The molecule has 2 unspecified atom stereocenters. The molecule has 0 bridgehead atoms. The van der Waals surface area contributed by atoms with E-state index < -0.39 is 0 Å². The fourth-order valence-electron chi connectivity index (χ4n) is 4.00. The number of hydrogen-bond donors (Lipinski definition) is 1. The van der Waals surface area contributed by atoms with E-state index >= 15 is 0 Å². The van der Waals surface area contributed by atoms with Gasteiger partial charge in [-0.1, -0.05) is 93.1 Å². The second-order valence-corrected chi connectivity index (χ2v) is 9.63. The number of rotatable bonds is 8. The molecule has 1 saturated carbocycles. The molecule has 2 N–H and O–H groups in total. The maximum atomic E-state index is 4.92. The quantitative estimate of drug-likeness (QED) is 0.411. The van der Waals surface area contributed by atoms with E-state index in [-0.39, 0.29) is 0 Å². The summed E-state index contributed by atoms with van der Waals surface area (Å²) in [6.45, 7) is 20.2. The monoisotopic (exact) mass is 448 g/mol. The third-order valence-corrected chi connectivity index (χ3v) is 6.18. The Hall–Kier alpha value is -2.32. The Balaban J connectivity index is 0.000000325. The van der Waals surface area contributed by atoms with Crippen molar-refractivity contribution in [2.75, 3.05) is 7.05 Å². The molecule has 0 saturated heterocycles. The summed E-state index contributed by atoms with van der Waals surface area (Å²) in [5.41, 5.74) is 12.6. The third kappa shape index (κ3) is 10.9. The number of likely N-dealkylation sites (N-methyl/N-ethyl adjacent to an activating group) is 1. The van der Waals surface area contributed by atoms with Crippen molar-refractivity contribution in [2.45, 2.75) is 91.6 Å². The maximum absolute atomic E-state index is 4.92. The lowest BCUT2D eigenvalue weighted by Gasteiger charge is -2.33. The van der Waals surface area contributed by atoms with Gasteiger partial charge in [-0.2, -0.15) is 0 Å². The zero-order valence-electron chi connectivity index (χ0n) is 22.3. The van der Waals surface area contributed by atoms with Gasteiger partial charge in [-0.15, -0.1) is 0 Å². The molecule has 2 atom stereocenters. The smallest absolute Gasteiger partial charge is 0.0322 e. The molecule has 1 aliphatic carbocycles. The number of hydrogen-bond acceptors (Lipinski definition) is 2. The third-order valence-electron chi connectivity index (χ3n) is 6.18. The summed E-state index contributed by atoms with van der Waals surface area (Å²) in [7, 11) is 2.21. The molecule has 182 valence electrons. The Kier molecular flexibility index (Phi) is 12.8. The van der Waals surface area contributed by atoms with Crippen LogP contribution in [0.25, 0.3) is 0 Å². The van der Waals surface area contributed by atoms with E-state index in [0.717, 1.165) is 12.3 Å². The molecule has 33 heavy (non-hydrogen) atoms. The highest BCUT2D eigenvalue weighted by Crippen LogP contribution is 2.40. The second-order valence-electron chi connectivity index (χ2n) is 9.63. The van der Waals surface area contributed by atoms with Crippen LogP contribution < -0.4 is 5.73 Å². The molecule has 2 aromatic rings. The molecule has 2 heteroatoms. The van der Waals surface area contributed by atoms with Crippen LogP contribution in [0.15, 0.2) is 73.0 Å². The summed E-state index contributed by atoms with van der Waals surface area (Å²) in [4.78, 5) is 2.44. The van der Waals surface area contributed by atoms with Gasteiger partial charge in [0.05, 0.1) is 0 Å². The fourth-order valence-corrected chi connectivity index (χ4v) is 4.00. The first-order valence-electron chi connectivity index (χ1n) is 12.5. The van der Waals surface area contributed by atoms with Crippen LogP contribution in [0.1, 0.15) is 94.5 Å². The van der Waals surface area contributed by atoms with Crippen molar-refractivity contribution >= 4 is 0 Å². The Labute approximate surface area is 204 Å². The molecule has 1 aliphatic rings. The van der Waals surface area contributed by atoms with Crippen LogP contribution in [0.4, 0.5) is 0 Å². The number of aryl methyl sites for hydroxylation is 2. The average molecular weight is 449 g/mol. The maximum Gasteiger partial charge on any atom is 0.0322 e. The van der Waals surface area contributed by atoms with E-state index in [9.17, 15) is 0 Å². The molecule has 0 radical (unpaired) electrons. The van der Waals surface area contributed by atoms with Gasteiger partial charge < -0.3 is 5.73 Å². The Morgan fingerprint density at radius 2 is 1.52 bits per heavy atom. The molecule has 2 aromatic carbocycles. The molecule has 1 fully saturated rings. The van der Waals surface area contributed by atoms with Crippen molar-refractivity contribution in [3.63, 3.8) is 0 Å². The molecule has 0 heterocycles. The van der Waals surface area contributed by atoms with E-state index in [1.165, 1.54) is 53.5 Å². The van der Waals surface area contributed by atoms with Crippen LogP contribution in [0.3, 0.4) is 0 Å². The molecule has 0 aliphatic heterocycles. The van der Waals surface area contributed by atoms with Gasteiger partial charge in [0, 0.05) is 12.1 Å². The first-order chi connectivity index (χ1) is 15.6. The largest absolute Gasteiger partial charge is 0.403 e. The summed E-state index contributed by atoms with van der Waals surface area (Å²) >= 11 is 0. The van der Waals surface area contributed by atoms with Gasteiger partial charge in [0.25, 0.3) is 0 Å². The van der Waals surface area contributed by atoms with Gasteiger partial charge in [-0.25, -0.2) is 0 Å². The Bertz CT molecular complexity index is 824. The van der Waals surface area contributed by atoms with E-state index in [1.54, 1.807) is 6.92 Å². The minimum Gasteiger partial charge on any atom is -0.403 e. The van der Waals surface area contributed by atoms with Gasteiger partial charge >= 0.3 is 0 Å². The van der Waals surface area contributed by atoms with Gasteiger partial charge in [-0.05, 0) is 88.7 Å². The fraction of sp³-hybridized carbons (Fsp3) is 0.484. The van der Waals surface area contributed by atoms with Crippen molar-refractivity contribution in [3.05, 3.63) is 95.2 Å². The van der Waals surface area contributed by atoms with Gasteiger partial charge in [0.1, 0.15) is 0 Å². The van der Waals surface area contributed by atoms with Crippen LogP contribution in [-0.2, 0) is 6.42 Å². The first-order valence-corrected chi connectivity index (χ1v) is 12.5. The number of benzene rings is 2. The number of allylic oxidation sites excluding steroid dienone is 1. The molecule has 0 aromatic heterocycles. The zero-order chi connectivity index (χ0) is 25.0. The van der Waals surface area contributed by atoms with Crippen molar-refractivity contribution in [2.24, 2.45) is 5.73 Å². The van der Waals surface area contributed by atoms with Crippen molar-refractivity contribution < 1.29 is 0 Å². The SMILES string of the molecule is C=C(C)C(CC)N(C)C(C)c1ccc(C2CC2)cc1.C=C(C)N.CCCc1ccc(C)cc1. The average Bonchev–Trinajstić information content (AvgIpc) is 3.61. The summed E-state index contributed by atoms with van der Waals surface area (Å²) < 4.78 is 0.